The summed E-state index contributed by atoms with van der Waals surface area (Å²) < 4.78 is 26.8. The Kier molecular flexibility index (Phi) is 14.3. The number of carboxylic acids is 1. The van der Waals surface area contributed by atoms with E-state index < -0.39 is 16.1 Å². The van der Waals surface area contributed by atoms with Gasteiger partial charge in [0.15, 0.2) is 0 Å². The Labute approximate surface area is 148 Å². The maximum atomic E-state index is 11.0. The Morgan fingerprint density at radius 3 is 1.79 bits per heavy atom. The maximum absolute atomic E-state index is 11.0. The van der Waals surface area contributed by atoms with E-state index in [9.17, 15) is 13.2 Å². The number of aliphatic carboxylic acids is 1. The molecule has 0 aliphatic heterocycles. The Morgan fingerprint density at radius 2 is 1.38 bits per heavy atom. The predicted octanol–water partition coefficient (Wildman–Crippen LogP) is 4.75. The summed E-state index contributed by atoms with van der Waals surface area (Å²) in [5, 5.41) is 8.89. The highest BCUT2D eigenvalue weighted by Crippen LogP contribution is 2.17. The molecular formula is C18H36O5S. The average Bonchev–Trinajstić information content (AvgIpc) is 2.48. The van der Waals surface area contributed by atoms with Gasteiger partial charge in [0.1, 0.15) is 0 Å². The van der Waals surface area contributed by atoms with Gasteiger partial charge in [0.25, 0.3) is 10.1 Å². The van der Waals surface area contributed by atoms with Crippen LogP contribution >= 0.6 is 0 Å². The lowest BCUT2D eigenvalue weighted by Gasteiger charge is -2.14. The highest BCUT2D eigenvalue weighted by Gasteiger charge is 2.16. The molecule has 0 spiro atoms. The zero-order valence-corrected chi connectivity index (χ0v) is 16.3. The summed E-state index contributed by atoms with van der Waals surface area (Å²) in [6.45, 7) is 2.21. The van der Waals surface area contributed by atoms with E-state index in [1.54, 1.807) is 0 Å². The van der Waals surface area contributed by atoms with E-state index in [2.05, 4.69) is 6.92 Å². The highest BCUT2D eigenvalue weighted by molar-refractivity contribution is 7.85. The zero-order chi connectivity index (χ0) is 18.3. The van der Waals surface area contributed by atoms with Crippen LogP contribution in [0.5, 0.6) is 0 Å². The fourth-order valence-electron chi connectivity index (χ4n) is 2.81. The summed E-state index contributed by atoms with van der Waals surface area (Å²) in [6, 6.07) is 0. The van der Waals surface area contributed by atoms with Gasteiger partial charge < -0.3 is 5.11 Å². The van der Waals surface area contributed by atoms with Crippen LogP contribution in [0.1, 0.15) is 90.4 Å². The van der Waals surface area contributed by atoms with Crippen LogP contribution in [0.15, 0.2) is 0 Å². The van der Waals surface area contributed by atoms with E-state index in [-0.39, 0.29) is 18.9 Å². The molecule has 0 bridgehead atoms. The van der Waals surface area contributed by atoms with E-state index in [1.165, 1.54) is 57.8 Å². The van der Waals surface area contributed by atoms with Gasteiger partial charge in [-0.05, 0) is 12.3 Å². The molecule has 0 rings (SSSR count). The number of rotatable bonds is 17. The van der Waals surface area contributed by atoms with Crippen molar-refractivity contribution >= 4 is 16.1 Å². The summed E-state index contributed by atoms with van der Waals surface area (Å²) in [7, 11) is -3.50. The highest BCUT2D eigenvalue weighted by atomic mass is 32.2. The third-order valence-electron chi connectivity index (χ3n) is 4.20. The van der Waals surface area contributed by atoms with Gasteiger partial charge in [-0.15, -0.1) is 0 Å². The third kappa shape index (κ3) is 17.7. The predicted molar refractivity (Wildman–Crippen MR) is 97.6 cm³/mol. The molecule has 0 aromatic carbocycles. The second-order valence-electron chi connectivity index (χ2n) is 6.78. The maximum Gasteiger partial charge on any atom is 0.303 e. The van der Waals surface area contributed by atoms with Crippen molar-refractivity contribution in [3.05, 3.63) is 0 Å². The lowest BCUT2D eigenvalue weighted by Crippen LogP contribution is -2.17. The molecule has 0 saturated carbocycles. The number of carboxylic acid groups (broad SMARTS) is 1. The number of hydrogen-bond acceptors (Lipinski definition) is 4. The SMILES string of the molecule is CCCCCCCCCCCCC[C@@H](COS(C)(=O)=O)CC(=O)O. The summed E-state index contributed by atoms with van der Waals surface area (Å²) in [4.78, 5) is 10.8. The fourth-order valence-corrected chi connectivity index (χ4v) is 3.25. The van der Waals surface area contributed by atoms with Crippen LogP contribution in [0.3, 0.4) is 0 Å². The molecule has 0 fully saturated rings. The molecule has 0 aromatic heterocycles. The van der Waals surface area contributed by atoms with Gasteiger partial charge in [0.2, 0.25) is 0 Å². The van der Waals surface area contributed by atoms with E-state index >= 15 is 0 Å². The molecule has 144 valence electrons. The van der Waals surface area contributed by atoms with Crippen LogP contribution in [0.2, 0.25) is 0 Å². The molecule has 0 radical (unpaired) electrons. The molecule has 1 atom stereocenters. The molecule has 0 aromatic rings. The van der Waals surface area contributed by atoms with E-state index in [4.69, 9.17) is 9.29 Å². The Balaban J connectivity index is 3.63. The first-order valence-corrected chi connectivity index (χ1v) is 11.2. The minimum Gasteiger partial charge on any atom is -0.481 e. The zero-order valence-electron chi connectivity index (χ0n) is 15.5. The van der Waals surface area contributed by atoms with Crippen molar-refractivity contribution in [2.24, 2.45) is 5.92 Å². The van der Waals surface area contributed by atoms with E-state index in [1.807, 2.05) is 0 Å². The molecular weight excluding hydrogens is 328 g/mol. The quantitative estimate of drug-likeness (QED) is 0.297. The molecule has 24 heavy (non-hydrogen) atoms. The monoisotopic (exact) mass is 364 g/mol. The Morgan fingerprint density at radius 1 is 0.917 bits per heavy atom. The first kappa shape index (κ1) is 23.4. The normalized spacial score (nSPS) is 13.1. The fraction of sp³-hybridized carbons (Fsp3) is 0.944. The van der Waals surface area contributed by atoms with Gasteiger partial charge in [-0.3, -0.25) is 8.98 Å². The molecule has 0 aliphatic rings. The Bertz CT molecular complexity index is 406. The van der Waals surface area contributed by atoms with Gasteiger partial charge in [-0.1, -0.05) is 77.6 Å². The van der Waals surface area contributed by atoms with Gasteiger partial charge >= 0.3 is 5.97 Å². The first-order chi connectivity index (χ1) is 11.3. The van der Waals surface area contributed by atoms with Crippen molar-refractivity contribution in [3.8, 4) is 0 Å². The van der Waals surface area contributed by atoms with Crippen LogP contribution < -0.4 is 0 Å². The molecule has 0 unspecified atom stereocenters. The van der Waals surface area contributed by atoms with Crippen molar-refractivity contribution in [1.29, 1.82) is 0 Å². The van der Waals surface area contributed by atoms with Gasteiger partial charge in [0.05, 0.1) is 19.3 Å². The van der Waals surface area contributed by atoms with Crippen molar-refractivity contribution in [2.45, 2.75) is 90.4 Å². The smallest absolute Gasteiger partial charge is 0.303 e. The largest absolute Gasteiger partial charge is 0.481 e. The van der Waals surface area contributed by atoms with Crippen LogP contribution in [-0.4, -0.2) is 32.4 Å². The topological polar surface area (TPSA) is 80.7 Å². The number of hydrogen-bond donors (Lipinski definition) is 1. The Hall–Kier alpha value is -0.620. The summed E-state index contributed by atoms with van der Waals surface area (Å²) >= 11 is 0. The van der Waals surface area contributed by atoms with Crippen molar-refractivity contribution in [2.75, 3.05) is 12.9 Å². The molecule has 0 aliphatic carbocycles. The van der Waals surface area contributed by atoms with Gasteiger partial charge in [0, 0.05) is 0 Å². The number of carbonyl (C=O) groups is 1. The lowest BCUT2D eigenvalue weighted by atomic mass is 9.98. The van der Waals surface area contributed by atoms with Crippen LogP contribution in [0.25, 0.3) is 0 Å². The second kappa shape index (κ2) is 14.7. The van der Waals surface area contributed by atoms with Crippen LogP contribution in [-0.2, 0) is 19.1 Å². The van der Waals surface area contributed by atoms with Crippen molar-refractivity contribution in [3.63, 3.8) is 0 Å². The number of unbranched alkanes of at least 4 members (excludes halogenated alkanes) is 10. The minimum atomic E-state index is -3.50. The molecule has 6 heteroatoms. The molecule has 0 heterocycles. The molecule has 5 nitrogen and oxygen atoms in total. The van der Waals surface area contributed by atoms with Crippen molar-refractivity contribution < 1.29 is 22.5 Å². The van der Waals surface area contributed by atoms with E-state index in [0.717, 1.165) is 19.1 Å². The van der Waals surface area contributed by atoms with Gasteiger partial charge in [-0.2, -0.15) is 8.42 Å². The standard InChI is InChI=1S/C18H36O5S/c1-3-4-5-6-7-8-9-10-11-12-13-14-17(15-18(19)20)16-23-24(2,21)22/h17H,3-16H2,1-2H3,(H,19,20)/t17-/m1/s1. The summed E-state index contributed by atoms with van der Waals surface area (Å²) in [5.41, 5.74) is 0. The van der Waals surface area contributed by atoms with Crippen LogP contribution in [0.4, 0.5) is 0 Å². The van der Waals surface area contributed by atoms with Crippen molar-refractivity contribution in [1.82, 2.24) is 0 Å². The molecule has 0 amide bonds. The van der Waals surface area contributed by atoms with Gasteiger partial charge in [-0.25, -0.2) is 0 Å². The molecule has 1 N–H and O–H groups in total. The first-order valence-electron chi connectivity index (χ1n) is 9.41. The molecule has 0 saturated heterocycles. The summed E-state index contributed by atoms with van der Waals surface area (Å²) in [6.07, 6.45) is 15.4. The third-order valence-corrected chi connectivity index (χ3v) is 4.76. The average molecular weight is 365 g/mol. The minimum absolute atomic E-state index is 0.0249. The van der Waals surface area contributed by atoms with Crippen LogP contribution in [0, 0.1) is 5.92 Å². The second-order valence-corrected chi connectivity index (χ2v) is 8.42. The summed E-state index contributed by atoms with van der Waals surface area (Å²) in [5.74, 6) is -1.13. The van der Waals surface area contributed by atoms with E-state index in [0.29, 0.717) is 6.42 Å². The lowest BCUT2D eigenvalue weighted by molar-refractivity contribution is -0.138.